The Morgan fingerprint density at radius 3 is 2.44 bits per heavy atom. The standard InChI is InChI=1S/C29H39N3O2/c1-8-16-31(26(33)18-21(3)19-29(5,6)7)22(4)27-30-25-15-10-9-14-24(25)28(34)32(27)23-13-11-12-20(2)17-23/h9-15,17,21-22H,8,16,18-19H2,1-7H3. The summed E-state index contributed by atoms with van der Waals surface area (Å²) in [6.45, 7) is 15.5. The largest absolute Gasteiger partial charge is 0.333 e. The Hall–Kier alpha value is -2.95. The molecule has 2 aromatic carbocycles. The van der Waals surface area contributed by atoms with E-state index in [1.54, 1.807) is 4.57 Å². The van der Waals surface area contributed by atoms with Gasteiger partial charge in [-0.1, -0.05) is 58.9 Å². The first-order chi connectivity index (χ1) is 16.0. The fourth-order valence-corrected chi connectivity index (χ4v) is 4.89. The minimum absolute atomic E-state index is 0.108. The van der Waals surface area contributed by atoms with Crippen molar-refractivity contribution in [2.75, 3.05) is 6.54 Å². The van der Waals surface area contributed by atoms with Crippen molar-refractivity contribution in [3.8, 4) is 5.69 Å². The minimum Gasteiger partial charge on any atom is -0.333 e. The molecule has 182 valence electrons. The third-order valence-corrected chi connectivity index (χ3v) is 6.17. The molecule has 0 bridgehead atoms. The third kappa shape index (κ3) is 5.94. The predicted molar refractivity (Wildman–Crippen MR) is 140 cm³/mol. The Balaban J connectivity index is 2.10. The van der Waals surface area contributed by atoms with Crippen LogP contribution in [0.15, 0.2) is 53.3 Å². The summed E-state index contributed by atoms with van der Waals surface area (Å²) in [6, 6.07) is 15.0. The number of aryl methyl sites for hydroxylation is 1. The van der Waals surface area contributed by atoms with Crippen molar-refractivity contribution in [2.24, 2.45) is 11.3 Å². The number of nitrogens with zero attached hydrogens (tertiary/aromatic N) is 3. The van der Waals surface area contributed by atoms with Gasteiger partial charge < -0.3 is 4.90 Å². The first-order valence-corrected chi connectivity index (χ1v) is 12.4. The minimum atomic E-state index is -0.341. The van der Waals surface area contributed by atoms with Crippen molar-refractivity contribution >= 4 is 16.8 Å². The molecule has 0 saturated heterocycles. The normalized spacial score (nSPS) is 13.6. The highest BCUT2D eigenvalue weighted by molar-refractivity contribution is 5.79. The van der Waals surface area contributed by atoms with Crippen molar-refractivity contribution < 1.29 is 4.79 Å². The third-order valence-electron chi connectivity index (χ3n) is 6.17. The molecule has 0 aliphatic carbocycles. The molecule has 0 N–H and O–H groups in total. The van der Waals surface area contributed by atoms with Crippen LogP contribution in [0, 0.1) is 18.3 Å². The van der Waals surface area contributed by atoms with Crippen LogP contribution in [0.5, 0.6) is 0 Å². The molecule has 2 atom stereocenters. The molecule has 2 unspecified atom stereocenters. The highest BCUT2D eigenvalue weighted by Crippen LogP contribution is 2.29. The summed E-state index contributed by atoms with van der Waals surface area (Å²) in [4.78, 5) is 34.0. The van der Waals surface area contributed by atoms with E-state index in [0.29, 0.717) is 29.7 Å². The Bertz CT molecular complexity index is 1210. The predicted octanol–water partition coefficient (Wildman–Crippen LogP) is 6.46. The monoisotopic (exact) mass is 461 g/mol. The summed E-state index contributed by atoms with van der Waals surface area (Å²) < 4.78 is 1.69. The van der Waals surface area contributed by atoms with E-state index in [1.165, 1.54) is 0 Å². The molecule has 5 nitrogen and oxygen atoms in total. The van der Waals surface area contributed by atoms with Gasteiger partial charge in [0, 0.05) is 13.0 Å². The number of hydrogen-bond acceptors (Lipinski definition) is 3. The van der Waals surface area contributed by atoms with Crippen LogP contribution in [0.4, 0.5) is 0 Å². The molecule has 0 fully saturated rings. The number of hydrogen-bond donors (Lipinski definition) is 0. The summed E-state index contributed by atoms with van der Waals surface area (Å²) in [5.41, 5.74) is 2.56. The van der Waals surface area contributed by atoms with Crippen LogP contribution in [0.3, 0.4) is 0 Å². The number of carbonyl (C=O) groups excluding carboxylic acids is 1. The molecule has 1 aromatic heterocycles. The number of para-hydroxylation sites is 1. The smallest absolute Gasteiger partial charge is 0.266 e. The molecular formula is C29H39N3O2. The van der Waals surface area contributed by atoms with Gasteiger partial charge in [0.1, 0.15) is 5.82 Å². The lowest BCUT2D eigenvalue weighted by molar-refractivity contribution is -0.134. The number of carbonyl (C=O) groups is 1. The topological polar surface area (TPSA) is 55.2 Å². The summed E-state index contributed by atoms with van der Waals surface area (Å²) in [7, 11) is 0. The molecule has 5 heteroatoms. The Labute approximate surface area is 203 Å². The van der Waals surface area contributed by atoms with E-state index in [-0.39, 0.29) is 28.8 Å². The van der Waals surface area contributed by atoms with Gasteiger partial charge in [0.25, 0.3) is 5.56 Å². The van der Waals surface area contributed by atoms with E-state index in [0.717, 1.165) is 24.1 Å². The average molecular weight is 462 g/mol. The van der Waals surface area contributed by atoms with Crippen LogP contribution in [-0.4, -0.2) is 26.9 Å². The molecule has 34 heavy (non-hydrogen) atoms. The average Bonchev–Trinajstić information content (AvgIpc) is 2.75. The molecule has 1 amide bonds. The second-order valence-electron chi connectivity index (χ2n) is 10.8. The second kappa shape index (κ2) is 10.5. The lowest BCUT2D eigenvalue weighted by Gasteiger charge is -2.32. The van der Waals surface area contributed by atoms with Crippen molar-refractivity contribution in [3.05, 3.63) is 70.3 Å². The van der Waals surface area contributed by atoms with Crippen LogP contribution in [0.1, 0.15) is 78.2 Å². The van der Waals surface area contributed by atoms with E-state index in [4.69, 9.17) is 4.98 Å². The Morgan fingerprint density at radius 2 is 1.79 bits per heavy atom. The number of amides is 1. The summed E-state index contributed by atoms with van der Waals surface area (Å²) in [5.74, 6) is 0.992. The van der Waals surface area contributed by atoms with Crippen molar-refractivity contribution in [1.82, 2.24) is 14.5 Å². The van der Waals surface area contributed by atoms with Gasteiger partial charge >= 0.3 is 0 Å². The van der Waals surface area contributed by atoms with Crippen molar-refractivity contribution in [3.63, 3.8) is 0 Å². The molecular weight excluding hydrogens is 422 g/mol. The quantitative estimate of drug-likeness (QED) is 0.387. The molecule has 0 saturated carbocycles. The lowest BCUT2D eigenvalue weighted by Crippen LogP contribution is -2.38. The molecule has 1 heterocycles. The second-order valence-corrected chi connectivity index (χ2v) is 10.8. The van der Waals surface area contributed by atoms with Gasteiger partial charge in [-0.15, -0.1) is 0 Å². The van der Waals surface area contributed by atoms with Gasteiger partial charge in [-0.2, -0.15) is 0 Å². The zero-order valence-corrected chi connectivity index (χ0v) is 21.8. The van der Waals surface area contributed by atoms with Gasteiger partial charge in [-0.05, 0) is 67.9 Å². The maximum atomic E-state index is 13.7. The van der Waals surface area contributed by atoms with Gasteiger partial charge in [0.15, 0.2) is 0 Å². The van der Waals surface area contributed by atoms with Gasteiger partial charge in [0.05, 0.1) is 22.6 Å². The highest BCUT2D eigenvalue weighted by Gasteiger charge is 2.28. The number of rotatable bonds is 8. The van der Waals surface area contributed by atoms with E-state index in [1.807, 2.05) is 67.3 Å². The van der Waals surface area contributed by atoms with E-state index in [2.05, 4.69) is 34.6 Å². The lowest BCUT2D eigenvalue weighted by atomic mass is 9.84. The number of fused-ring (bicyclic) bond motifs is 1. The maximum Gasteiger partial charge on any atom is 0.266 e. The van der Waals surface area contributed by atoms with Gasteiger partial charge in [-0.3, -0.25) is 14.2 Å². The van der Waals surface area contributed by atoms with Crippen LogP contribution in [0.25, 0.3) is 16.6 Å². The number of aromatic nitrogens is 2. The molecule has 0 aliphatic heterocycles. The highest BCUT2D eigenvalue weighted by atomic mass is 16.2. The van der Waals surface area contributed by atoms with Crippen LogP contribution in [0.2, 0.25) is 0 Å². The first kappa shape index (κ1) is 25.7. The van der Waals surface area contributed by atoms with E-state index < -0.39 is 0 Å². The van der Waals surface area contributed by atoms with Crippen LogP contribution < -0.4 is 5.56 Å². The van der Waals surface area contributed by atoms with Gasteiger partial charge in [0.2, 0.25) is 5.91 Å². The summed E-state index contributed by atoms with van der Waals surface area (Å²) >= 11 is 0. The molecule has 0 aliphatic rings. The molecule has 0 radical (unpaired) electrons. The molecule has 0 spiro atoms. The Kier molecular flexibility index (Phi) is 7.96. The van der Waals surface area contributed by atoms with E-state index >= 15 is 0 Å². The fraction of sp³-hybridized carbons (Fsp3) is 0.483. The first-order valence-electron chi connectivity index (χ1n) is 12.4. The summed E-state index contributed by atoms with van der Waals surface area (Å²) in [5, 5.41) is 0.576. The zero-order chi connectivity index (χ0) is 25.0. The SMILES string of the molecule is CCCN(C(=O)CC(C)CC(C)(C)C)C(C)c1nc2ccccc2c(=O)n1-c1cccc(C)c1. The van der Waals surface area contributed by atoms with Crippen molar-refractivity contribution in [1.29, 1.82) is 0 Å². The molecule has 3 aromatic rings. The summed E-state index contributed by atoms with van der Waals surface area (Å²) in [6.07, 6.45) is 2.31. The fourth-order valence-electron chi connectivity index (χ4n) is 4.89. The van der Waals surface area contributed by atoms with E-state index in [9.17, 15) is 9.59 Å². The van der Waals surface area contributed by atoms with Crippen LogP contribution >= 0.6 is 0 Å². The maximum absolute atomic E-state index is 13.7. The van der Waals surface area contributed by atoms with Gasteiger partial charge in [-0.25, -0.2) is 4.98 Å². The number of benzene rings is 2. The molecule has 3 rings (SSSR count). The Morgan fingerprint density at radius 1 is 1.09 bits per heavy atom. The zero-order valence-electron chi connectivity index (χ0n) is 21.8. The van der Waals surface area contributed by atoms with Crippen LogP contribution in [-0.2, 0) is 4.79 Å². The van der Waals surface area contributed by atoms with Crippen molar-refractivity contribution in [2.45, 2.75) is 73.8 Å².